The largest absolute Gasteiger partial charge is 0.423 e. The molecular formula is C20H26O2. The van der Waals surface area contributed by atoms with Crippen LogP contribution < -0.4 is 0 Å². The molecule has 0 N–H and O–H groups in total. The fourth-order valence-corrected chi connectivity index (χ4v) is 5.71. The molecule has 2 nitrogen and oxygen atoms in total. The van der Waals surface area contributed by atoms with Gasteiger partial charge in [0.15, 0.2) is 0 Å². The van der Waals surface area contributed by atoms with Crippen molar-refractivity contribution < 1.29 is 9.53 Å². The van der Waals surface area contributed by atoms with Crippen LogP contribution in [0, 0.1) is 28.6 Å². The summed E-state index contributed by atoms with van der Waals surface area (Å²) in [7, 11) is 0. The number of cyclic esters (lactones) is 1. The van der Waals surface area contributed by atoms with Crippen LogP contribution in [0.25, 0.3) is 0 Å². The predicted octanol–water partition coefficient (Wildman–Crippen LogP) is 4.78. The van der Waals surface area contributed by atoms with Gasteiger partial charge in [-0.15, -0.1) is 0 Å². The predicted molar refractivity (Wildman–Crippen MR) is 86.8 cm³/mol. The summed E-state index contributed by atoms with van der Waals surface area (Å²) in [6, 6.07) is 0. The average molecular weight is 298 g/mol. The monoisotopic (exact) mass is 298 g/mol. The van der Waals surface area contributed by atoms with E-state index in [0.717, 1.165) is 17.3 Å². The van der Waals surface area contributed by atoms with Crippen LogP contribution in [0.4, 0.5) is 0 Å². The third kappa shape index (κ3) is 1.70. The topological polar surface area (TPSA) is 26.3 Å². The van der Waals surface area contributed by atoms with Gasteiger partial charge in [-0.1, -0.05) is 32.4 Å². The Morgan fingerprint density at radius 2 is 2.00 bits per heavy atom. The SMILES string of the molecule is CC1=C/C(=C/C2C(C)(C)[C@H]3C=C4[C@@H](C)CC[C@]42CC3)OC1=O. The zero-order valence-corrected chi connectivity index (χ0v) is 14.1. The van der Waals surface area contributed by atoms with Crippen molar-refractivity contribution in [3.05, 3.63) is 35.1 Å². The number of carbonyl (C=O) groups is 1. The molecule has 1 spiro atoms. The van der Waals surface area contributed by atoms with Crippen LogP contribution >= 0.6 is 0 Å². The molecule has 0 amide bonds. The molecule has 2 fully saturated rings. The Hall–Kier alpha value is -1.31. The van der Waals surface area contributed by atoms with Gasteiger partial charge in [0.05, 0.1) is 0 Å². The molecule has 1 aliphatic heterocycles. The zero-order valence-electron chi connectivity index (χ0n) is 14.1. The molecule has 2 heteroatoms. The molecule has 0 radical (unpaired) electrons. The third-order valence-electron chi connectivity index (χ3n) is 6.99. The molecule has 1 unspecified atom stereocenters. The lowest BCUT2D eigenvalue weighted by Gasteiger charge is -2.58. The summed E-state index contributed by atoms with van der Waals surface area (Å²) in [5, 5.41) is 0. The summed E-state index contributed by atoms with van der Waals surface area (Å²) < 4.78 is 5.46. The maximum absolute atomic E-state index is 11.7. The van der Waals surface area contributed by atoms with Gasteiger partial charge in [-0.05, 0) is 73.3 Å². The summed E-state index contributed by atoms with van der Waals surface area (Å²) in [5.74, 6) is 2.46. The van der Waals surface area contributed by atoms with Crippen LogP contribution in [0.15, 0.2) is 35.1 Å². The van der Waals surface area contributed by atoms with Gasteiger partial charge < -0.3 is 4.74 Å². The van der Waals surface area contributed by atoms with Crippen molar-refractivity contribution in [2.45, 2.75) is 53.4 Å². The normalized spacial score (nSPS) is 43.9. The number of hydrogen-bond donors (Lipinski definition) is 0. The molecule has 5 aliphatic rings. The number of hydrogen-bond acceptors (Lipinski definition) is 2. The minimum atomic E-state index is -0.182. The summed E-state index contributed by atoms with van der Waals surface area (Å²) in [6.45, 7) is 9.04. The van der Waals surface area contributed by atoms with Crippen molar-refractivity contribution in [1.29, 1.82) is 0 Å². The number of ether oxygens (including phenoxy) is 1. The number of fused-ring (bicyclic) bond motifs is 2. The van der Waals surface area contributed by atoms with E-state index >= 15 is 0 Å². The standard InChI is InChI=1S/C20H26O2/c1-12-5-7-20-8-6-14(10-16(12)20)19(3,4)17(20)11-15-9-13(2)18(21)22-15/h9-12,14,17H,5-8H2,1-4H3/b15-11-/t12-,14+,17?,20-/m0/s1. The zero-order chi connectivity index (χ0) is 15.7. The highest BCUT2D eigenvalue weighted by Gasteiger charge is 2.59. The maximum Gasteiger partial charge on any atom is 0.339 e. The van der Waals surface area contributed by atoms with Crippen molar-refractivity contribution in [2.75, 3.05) is 0 Å². The minimum Gasteiger partial charge on any atom is -0.423 e. The van der Waals surface area contributed by atoms with E-state index < -0.39 is 0 Å². The first-order valence-corrected chi connectivity index (χ1v) is 8.69. The molecular weight excluding hydrogens is 272 g/mol. The van der Waals surface area contributed by atoms with Gasteiger partial charge in [-0.3, -0.25) is 0 Å². The lowest BCUT2D eigenvalue weighted by molar-refractivity contribution is -0.133. The first-order valence-electron chi connectivity index (χ1n) is 8.69. The first kappa shape index (κ1) is 14.3. The van der Waals surface area contributed by atoms with Gasteiger partial charge in [0.1, 0.15) is 5.76 Å². The number of rotatable bonds is 1. The van der Waals surface area contributed by atoms with Crippen LogP contribution in [0.3, 0.4) is 0 Å². The molecule has 0 aromatic rings. The molecule has 0 aromatic carbocycles. The van der Waals surface area contributed by atoms with Crippen LogP contribution in [0.5, 0.6) is 0 Å². The molecule has 2 saturated carbocycles. The number of esters is 1. The minimum absolute atomic E-state index is 0.182. The molecule has 1 heterocycles. The lowest BCUT2D eigenvalue weighted by Crippen LogP contribution is -2.50. The fraction of sp³-hybridized carbons (Fsp3) is 0.650. The Morgan fingerprint density at radius 3 is 2.68 bits per heavy atom. The van der Waals surface area contributed by atoms with Crippen molar-refractivity contribution >= 4 is 5.97 Å². The van der Waals surface area contributed by atoms with E-state index in [0.29, 0.717) is 17.3 Å². The second kappa shape index (κ2) is 4.37. The first-order chi connectivity index (χ1) is 10.3. The smallest absolute Gasteiger partial charge is 0.339 e. The van der Waals surface area contributed by atoms with Crippen molar-refractivity contribution in [3.63, 3.8) is 0 Å². The van der Waals surface area contributed by atoms with E-state index in [1.807, 2.05) is 13.0 Å². The average Bonchev–Trinajstić information content (AvgIpc) is 2.96. The Morgan fingerprint density at radius 1 is 1.27 bits per heavy atom. The maximum atomic E-state index is 11.7. The Balaban J connectivity index is 1.80. The molecule has 2 bridgehead atoms. The number of allylic oxidation sites excluding steroid dienone is 4. The van der Waals surface area contributed by atoms with Gasteiger partial charge in [0, 0.05) is 5.57 Å². The highest BCUT2D eigenvalue weighted by molar-refractivity contribution is 5.92. The second-order valence-corrected chi connectivity index (χ2v) is 8.45. The van der Waals surface area contributed by atoms with Gasteiger partial charge in [-0.2, -0.15) is 0 Å². The molecule has 0 saturated heterocycles. The third-order valence-corrected chi connectivity index (χ3v) is 6.99. The molecule has 0 aromatic heterocycles. The van der Waals surface area contributed by atoms with Gasteiger partial charge >= 0.3 is 5.97 Å². The Labute approximate surface area is 133 Å². The Bertz CT molecular complexity index is 634. The van der Waals surface area contributed by atoms with Crippen LogP contribution in [-0.2, 0) is 9.53 Å². The quantitative estimate of drug-likeness (QED) is 0.514. The molecule has 5 rings (SSSR count). The van der Waals surface area contributed by atoms with E-state index in [4.69, 9.17) is 4.74 Å². The molecule has 118 valence electrons. The van der Waals surface area contributed by atoms with Crippen molar-refractivity contribution in [3.8, 4) is 0 Å². The van der Waals surface area contributed by atoms with Crippen LogP contribution in [-0.4, -0.2) is 5.97 Å². The number of carbonyl (C=O) groups excluding carboxylic acids is 1. The summed E-state index contributed by atoms with van der Waals surface area (Å²) in [5.41, 5.74) is 2.99. The highest BCUT2D eigenvalue weighted by atomic mass is 16.5. The molecule has 4 aliphatic carbocycles. The fourth-order valence-electron chi connectivity index (χ4n) is 5.71. The second-order valence-electron chi connectivity index (χ2n) is 8.45. The van der Waals surface area contributed by atoms with E-state index in [1.54, 1.807) is 5.57 Å². The lowest BCUT2D eigenvalue weighted by atomic mass is 9.46. The van der Waals surface area contributed by atoms with E-state index in [-0.39, 0.29) is 11.4 Å². The van der Waals surface area contributed by atoms with E-state index in [2.05, 4.69) is 32.9 Å². The van der Waals surface area contributed by atoms with Crippen molar-refractivity contribution in [2.24, 2.45) is 28.6 Å². The van der Waals surface area contributed by atoms with Gasteiger partial charge in [-0.25, -0.2) is 4.79 Å². The van der Waals surface area contributed by atoms with E-state index in [1.165, 1.54) is 25.7 Å². The summed E-state index contributed by atoms with van der Waals surface area (Å²) >= 11 is 0. The van der Waals surface area contributed by atoms with Crippen LogP contribution in [0.2, 0.25) is 0 Å². The highest BCUT2D eigenvalue weighted by Crippen LogP contribution is 2.68. The van der Waals surface area contributed by atoms with E-state index in [9.17, 15) is 4.79 Å². The van der Waals surface area contributed by atoms with Gasteiger partial charge in [0.25, 0.3) is 0 Å². The summed E-state index contributed by atoms with van der Waals surface area (Å²) in [6.07, 6.45) is 12.0. The molecule has 22 heavy (non-hydrogen) atoms. The Kier molecular flexibility index (Phi) is 2.84. The van der Waals surface area contributed by atoms with Crippen LogP contribution in [0.1, 0.15) is 53.4 Å². The summed E-state index contributed by atoms with van der Waals surface area (Å²) in [4.78, 5) is 11.7. The molecule has 4 atom stereocenters. The van der Waals surface area contributed by atoms with Crippen molar-refractivity contribution in [1.82, 2.24) is 0 Å². The van der Waals surface area contributed by atoms with Gasteiger partial charge in [0.2, 0.25) is 0 Å².